The number of aromatic nitrogens is 1. The van der Waals surface area contributed by atoms with Crippen LogP contribution >= 0.6 is 11.6 Å². The molecule has 64 valence electrons. The summed E-state index contributed by atoms with van der Waals surface area (Å²) in [6.07, 6.45) is 0. The number of hydrogen-bond donors (Lipinski definition) is 0. The van der Waals surface area contributed by atoms with Gasteiger partial charge in [-0.15, -0.1) is 0 Å². The summed E-state index contributed by atoms with van der Waals surface area (Å²) in [4.78, 5) is 6.19. The highest BCUT2D eigenvalue weighted by Crippen LogP contribution is 2.29. The zero-order valence-corrected chi connectivity index (χ0v) is 7.51. The van der Waals surface area contributed by atoms with Gasteiger partial charge < -0.3 is 9.64 Å². The summed E-state index contributed by atoms with van der Waals surface area (Å²) in [6, 6.07) is 3.58. The van der Waals surface area contributed by atoms with E-state index < -0.39 is 0 Å². The Morgan fingerprint density at radius 1 is 1.58 bits per heavy atom. The predicted octanol–water partition coefficient (Wildman–Crippen LogP) is 1.56. The molecular formula is C8H9ClN2O. The van der Waals surface area contributed by atoms with E-state index >= 15 is 0 Å². The lowest BCUT2D eigenvalue weighted by atomic mass is 10.3. The highest BCUT2D eigenvalue weighted by atomic mass is 35.5. The molecule has 0 fully saturated rings. The maximum atomic E-state index is 5.75. The summed E-state index contributed by atoms with van der Waals surface area (Å²) in [5, 5.41) is 0.506. The molecule has 1 aromatic rings. The van der Waals surface area contributed by atoms with Gasteiger partial charge in [0.15, 0.2) is 11.6 Å². The fourth-order valence-corrected chi connectivity index (χ4v) is 1.34. The van der Waals surface area contributed by atoms with Crippen molar-refractivity contribution in [1.82, 2.24) is 4.98 Å². The van der Waals surface area contributed by atoms with Gasteiger partial charge >= 0.3 is 0 Å². The van der Waals surface area contributed by atoms with Crippen molar-refractivity contribution in [2.24, 2.45) is 0 Å². The van der Waals surface area contributed by atoms with Crippen LogP contribution in [-0.4, -0.2) is 25.2 Å². The number of rotatable bonds is 0. The first kappa shape index (κ1) is 7.68. The highest BCUT2D eigenvalue weighted by Gasteiger charge is 2.15. The highest BCUT2D eigenvalue weighted by molar-refractivity contribution is 6.29. The van der Waals surface area contributed by atoms with Gasteiger partial charge in [0.2, 0.25) is 0 Å². The van der Waals surface area contributed by atoms with Gasteiger partial charge in [0.1, 0.15) is 11.8 Å². The van der Waals surface area contributed by atoms with Crippen LogP contribution in [0.25, 0.3) is 0 Å². The molecule has 0 N–H and O–H groups in total. The SMILES string of the molecule is CN1CCOc2ccc(Cl)nc21. The zero-order chi connectivity index (χ0) is 8.55. The second-order valence-corrected chi connectivity index (χ2v) is 3.11. The van der Waals surface area contributed by atoms with Crippen LogP contribution in [0.5, 0.6) is 5.75 Å². The van der Waals surface area contributed by atoms with Crippen molar-refractivity contribution >= 4 is 17.4 Å². The average Bonchev–Trinajstić information content (AvgIpc) is 2.07. The molecule has 0 saturated heterocycles. The molecule has 4 heteroatoms. The Kier molecular flexibility index (Phi) is 1.81. The van der Waals surface area contributed by atoms with Crippen LogP contribution < -0.4 is 9.64 Å². The molecule has 0 radical (unpaired) electrons. The summed E-state index contributed by atoms with van der Waals surface area (Å²) < 4.78 is 5.39. The third kappa shape index (κ3) is 1.20. The van der Waals surface area contributed by atoms with Crippen LogP contribution in [0, 0.1) is 0 Å². The first-order valence-corrected chi connectivity index (χ1v) is 4.15. The fourth-order valence-electron chi connectivity index (χ4n) is 1.20. The van der Waals surface area contributed by atoms with Crippen molar-refractivity contribution < 1.29 is 4.74 Å². The minimum Gasteiger partial charge on any atom is -0.488 e. The number of hydrogen-bond acceptors (Lipinski definition) is 3. The summed E-state index contributed by atoms with van der Waals surface area (Å²) >= 11 is 5.75. The van der Waals surface area contributed by atoms with E-state index in [2.05, 4.69) is 4.98 Å². The predicted molar refractivity (Wildman–Crippen MR) is 48.0 cm³/mol. The van der Waals surface area contributed by atoms with Gasteiger partial charge in [0.25, 0.3) is 0 Å². The molecule has 1 aliphatic heterocycles. The third-order valence-corrected chi connectivity index (χ3v) is 2.06. The fraction of sp³-hybridized carbons (Fsp3) is 0.375. The van der Waals surface area contributed by atoms with Crippen LogP contribution in [-0.2, 0) is 0 Å². The molecule has 2 heterocycles. The minimum absolute atomic E-state index is 0.506. The number of nitrogens with zero attached hydrogens (tertiary/aromatic N) is 2. The lowest BCUT2D eigenvalue weighted by molar-refractivity contribution is 0.309. The van der Waals surface area contributed by atoms with E-state index in [9.17, 15) is 0 Å². The Bertz CT molecular complexity index is 303. The molecular weight excluding hydrogens is 176 g/mol. The Morgan fingerprint density at radius 3 is 3.25 bits per heavy atom. The van der Waals surface area contributed by atoms with Crippen LogP contribution in [0.4, 0.5) is 5.82 Å². The number of fused-ring (bicyclic) bond motifs is 1. The van der Waals surface area contributed by atoms with E-state index in [1.807, 2.05) is 18.0 Å². The second kappa shape index (κ2) is 2.83. The second-order valence-electron chi connectivity index (χ2n) is 2.73. The van der Waals surface area contributed by atoms with Gasteiger partial charge in [0, 0.05) is 7.05 Å². The molecule has 0 bridgehead atoms. The standard InChI is InChI=1S/C8H9ClN2O/c1-11-4-5-12-6-2-3-7(9)10-8(6)11/h2-3H,4-5H2,1H3. The first-order valence-electron chi connectivity index (χ1n) is 3.78. The van der Waals surface area contributed by atoms with E-state index in [4.69, 9.17) is 16.3 Å². The normalized spacial score (nSPS) is 15.3. The van der Waals surface area contributed by atoms with Gasteiger partial charge in [-0.3, -0.25) is 0 Å². The summed E-state index contributed by atoms with van der Waals surface area (Å²) in [7, 11) is 1.98. The van der Waals surface area contributed by atoms with E-state index in [1.54, 1.807) is 6.07 Å². The van der Waals surface area contributed by atoms with Crippen LogP contribution in [0.2, 0.25) is 5.15 Å². The van der Waals surface area contributed by atoms with E-state index in [-0.39, 0.29) is 0 Å². The zero-order valence-electron chi connectivity index (χ0n) is 6.75. The molecule has 0 atom stereocenters. The van der Waals surface area contributed by atoms with Gasteiger partial charge in [-0.25, -0.2) is 4.98 Å². The maximum Gasteiger partial charge on any atom is 0.172 e. The van der Waals surface area contributed by atoms with Crippen molar-refractivity contribution in [2.45, 2.75) is 0 Å². The van der Waals surface area contributed by atoms with Crippen LogP contribution in [0.1, 0.15) is 0 Å². The van der Waals surface area contributed by atoms with Gasteiger partial charge in [-0.2, -0.15) is 0 Å². The smallest absolute Gasteiger partial charge is 0.172 e. The van der Waals surface area contributed by atoms with Crippen molar-refractivity contribution in [3.05, 3.63) is 17.3 Å². The molecule has 2 rings (SSSR count). The minimum atomic E-state index is 0.506. The number of anilines is 1. The Labute approximate surface area is 75.9 Å². The van der Waals surface area contributed by atoms with Crippen molar-refractivity contribution in [1.29, 1.82) is 0 Å². The summed E-state index contributed by atoms with van der Waals surface area (Å²) in [5.74, 6) is 1.64. The molecule has 1 aromatic heterocycles. The maximum absolute atomic E-state index is 5.75. The number of halogens is 1. The molecule has 0 saturated carbocycles. The third-order valence-electron chi connectivity index (χ3n) is 1.85. The number of pyridine rings is 1. The average molecular weight is 185 g/mol. The molecule has 0 aromatic carbocycles. The Balaban J connectivity index is 2.47. The van der Waals surface area contributed by atoms with Gasteiger partial charge in [-0.1, -0.05) is 11.6 Å². The molecule has 0 aliphatic carbocycles. The largest absolute Gasteiger partial charge is 0.488 e. The quantitative estimate of drug-likeness (QED) is 0.573. The molecule has 3 nitrogen and oxygen atoms in total. The number of likely N-dealkylation sites (N-methyl/N-ethyl adjacent to an activating group) is 1. The molecule has 0 unspecified atom stereocenters. The lowest BCUT2D eigenvalue weighted by Gasteiger charge is -2.26. The van der Waals surface area contributed by atoms with Gasteiger partial charge in [0.05, 0.1) is 6.54 Å². The monoisotopic (exact) mass is 184 g/mol. The molecule has 1 aliphatic rings. The molecule has 0 amide bonds. The van der Waals surface area contributed by atoms with E-state index in [0.29, 0.717) is 11.8 Å². The van der Waals surface area contributed by atoms with Crippen molar-refractivity contribution in [3.63, 3.8) is 0 Å². The van der Waals surface area contributed by atoms with Crippen molar-refractivity contribution in [3.8, 4) is 5.75 Å². The topological polar surface area (TPSA) is 25.4 Å². The van der Waals surface area contributed by atoms with E-state index in [1.165, 1.54) is 0 Å². The van der Waals surface area contributed by atoms with Crippen LogP contribution in [0.3, 0.4) is 0 Å². The molecule has 12 heavy (non-hydrogen) atoms. The summed E-state index contributed by atoms with van der Waals surface area (Å²) in [5.41, 5.74) is 0. The summed E-state index contributed by atoms with van der Waals surface area (Å²) in [6.45, 7) is 1.58. The van der Waals surface area contributed by atoms with E-state index in [0.717, 1.165) is 18.1 Å². The Hall–Kier alpha value is -0.960. The first-order chi connectivity index (χ1) is 5.77. The van der Waals surface area contributed by atoms with Gasteiger partial charge in [-0.05, 0) is 12.1 Å². The number of ether oxygens (including phenoxy) is 1. The molecule has 0 spiro atoms. The Morgan fingerprint density at radius 2 is 2.42 bits per heavy atom. The lowest BCUT2D eigenvalue weighted by Crippen LogP contribution is -2.29. The van der Waals surface area contributed by atoms with Crippen molar-refractivity contribution in [2.75, 3.05) is 25.1 Å². The van der Waals surface area contributed by atoms with Crippen LogP contribution in [0.15, 0.2) is 12.1 Å².